The molecular formula is C10H11FO. The van der Waals surface area contributed by atoms with E-state index in [1.165, 1.54) is 0 Å². The Morgan fingerprint density at radius 1 is 1.50 bits per heavy atom. The fourth-order valence-electron chi connectivity index (χ4n) is 1.32. The van der Waals surface area contributed by atoms with Gasteiger partial charge in [0.05, 0.1) is 0 Å². The lowest BCUT2D eigenvalue weighted by atomic mass is 10.0. The molecule has 2 heteroatoms. The Bertz CT molecular complexity index is 281. The Labute approximate surface area is 71.2 Å². The third-order valence-corrected chi connectivity index (χ3v) is 1.93. The molecule has 0 spiro atoms. The van der Waals surface area contributed by atoms with Crippen molar-refractivity contribution in [3.8, 4) is 0 Å². The van der Waals surface area contributed by atoms with Crippen LogP contribution in [0.15, 0.2) is 18.2 Å². The predicted molar refractivity (Wildman–Crippen MR) is 46.0 cm³/mol. The predicted octanol–water partition coefficient (Wildman–Crippen LogP) is 2.53. The third kappa shape index (κ3) is 1.52. The largest absolute Gasteiger partial charge is 0.298 e. The second kappa shape index (κ2) is 4.00. The van der Waals surface area contributed by atoms with Crippen molar-refractivity contribution in [1.82, 2.24) is 0 Å². The van der Waals surface area contributed by atoms with Gasteiger partial charge in [-0.1, -0.05) is 25.1 Å². The van der Waals surface area contributed by atoms with Crippen LogP contribution in [0.4, 0.5) is 4.39 Å². The van der Waals surface area contributed by atoms with Crippen molar-refractivity contribution in [3.05, 3.63) is 34.9 Å². The third-order valence-electron chi connectivity index (χ3n) is 1.93. The first-order chi connectivity index (χ1) is 5.83. The topological polar surface area (TPSA) is 17.1 Å². The normalized spacial score (nSPS) is 9.83. The fraction of sp³-hybridized carbons (Fsp3) is 0.300. The second-order valence-electron chi connectivity index (χ2n) is 2.59. The molecule has 0 amide bonds. The van der Waals surface area contributed by atoms with Crippen LogP contribution in [-0.2, 0) is 13.1 Å². The first-order valence-electron chi connectivity index (χ1n) is 3.95. The summed E-state index contributed by atoms with van der Waals surface area (Å²) in [5, 5.41) is 0. The molecule has 0 aromatic heterocycles. The first kappa shape index (κ1) is 8.91. The summed E-state index contributed by atoms with van der Waals surface area (Å²) in [5.41, 5.74) is 2.06. The fourth-order valence-corrected chi connectivity index (χ4v) is 1.32. The number of aldehydes is 1. The van der Waals surface area contributed by atoms with Crippen molar-refractivity contribution in [2.24, 2.45) is 0 Å². The summed E-state index contributed by atoms with van der Waals surface area (Å²) in [6.07, 6.45) is 1.48. The lowest BCUT2D eigenvalue weighted by Gasteiger charge is -2.05. The maximum atomic E-state index is 12.4. The van der Waals surface area contributed by atoms with Crippen LogP contribution in [0.5, 0.6) is 0 Å². The number of halogens is 1. The molecule has 12 heavy (non-hydrogen) atoms. The summed E-state index contributed by atoms with van der Waals surface area (Å²) >= 11 is 0. The van der Waals surface area contributed by atoms with Crippen molar-refractivity contribution in [2.75, 3.05) is 0 Å². The van der Waals surface area contributed by atoms with E-state index in [-0.39, 0.29) is 0 Å². The lowest BCUT2D eigenvalue weighted by molar-refractivity contribution is 0.112. The number of hydrogen-bond acceptors (Lipinski definition) is 1. The Balaban J connectivity index is 3.21. The molecule has 0 fully saturated rings. The van der Waals surface area contributed by atoms with E-state index >= 15 is 0 Å². The van der Waals surface area contributed by atoms with E-state index < -0.39 is 6.67 Å². The van der Waals surface area contributed by atoms with Crippen molar-refractivity contribution in [3.63, 3.8) is 0 Å². The number of carbonyl (C=O) groups is 1. The minimum absolute atomic E-state index is 0.495. The van der Waals surface area contributed by atoms with Crippen LogP contribution in [0.2, 0.25) is 0 Å². The van der Waals surface area contributed by atoms with Gasteiger partial charge in [-0.2, -0.15) is 0 Å². The molecule has 0 heterocycles. The van der Waals surface area contributed by atoms with Crippen LogP contribution in [0.25, 0.3) is 0 Å². The number of carbonyl (C=O) groups excluding carboxylic acids is 1. The Kier molecular flexibility index (Phi) is 2.97. The minimum atomic E-state index is -0.495. The first-order valence-corrected chi connectivity index (χ1v) is 3.95. The Morgan fingerprint density at radius 3 is 2.75 bits per heavy atom. The summed E-state index contributed by atoms with van der Waals surface area (Å²) in [6.45, 7) is 1.42. The molecule has 0 aliphatic carbocycles. The molecule has 0 bridgehead atoms. The Hall–Kier alpha value is -1.18. The van der Waals surface area contributed by atoms with Gasteiger partial charge < -0.3 is 0 Å². The zero-order chi connectivity index (χ0) is 8.97. The van der Waals surface area contributed by atoms with Gasteiger partial charge >= 0.3 is 0 Å². The van der Waals surface area contributed by atoms with E-state index in [0.29, 0.717) is 17.5 Å². The van der Waals surface area contributed by atoms with E-state index in [4.69, 9.17) is 0 Å². The van der Waals surface area contributed by atoms with Gasteiger partial charge in [0.25, 0.3) is 0 Å². The van der Waals surface area contributed by atoms with Crippen LogP contribution in [-0.4, -0.2) is 6.29 Å². The number of benzene rings is 1. The van der Waals surface area contributed by atoms with Crippen molar-refractivity contribution >= 4 is 6.29 Å². The van der Waals surface area contributed by atoms with Gasteiger partial charge in [-0.25, -0.2) is 4.39 Å². The van der Waals surface area contributed by atoms with Crippen LogP contribution >= 0.6 is 0 Å². The quantitative estimate of drug-likeness (QED) is 0.630. The van der Waals surface area contributed by atoms with Gasteiger partial charge in [-0.3, -0.25) is 4.79 Å². The summed E-state index contributed by atoms with van der Waals surface area (Å²) < 4.78 is 12.4. The molecule has 1 aromatic rings. The molecule has 1 rings (SSSR count). The zero-order valence-corrected chi connectivity index (χ0v) is 7.01. The van der Waals surface area contributed by atoms with E-state index in [0.717, 1.165) is 11.8 Å². The number of rotatable bonds is 3. The van der Waals surface area contributed by atoms with E-state index in [9.17, 15) is 9.18 Å². The summed E-state index contributed by atoms with van der Waals surface area (Å²) in [6, 6.07) is 5.13. The van der Waals surface area contributed by atoms with E-state index in [1.54, 1.807) is 18.2 Å². The van der Waals surface area contributed by atoms with Gasteiger partial charge in [0.15, 0.2) is 0 Å². The molecule has 0 aliphatic heterocycles. The summed E-state index contributed by atoms with van der Waals surface area (Å²) in [4.78, 5) is 10.5. The summed E-state index contributed by atoms with van der Waals surface area (Å²) in [7, 11) is 0. The lowest BCUT2D eigenvalue weighted by Crippen LogP contribution is -1.95. The van der Waals surface area contributed by atoms with Crippen LogP contribution in [0, 0.1) is 0 Å². The van der Waals surface area contributed by atoms with Gasteiger partial charge in [-0.15, -0.1) is 0 Å². The van der Waals surface area contributed by atoms with E-state index in [2.05, 4.69) is 0 Å². The van der Waals surface area contributed by atoms with Gasteiger partial charge in [0.1, 0.15) is 13.0 Å². The zero-order valence-electron chi connectivity index (χ0n) is 7.01. The van der Waals surface area contributed by atoms with Crippen LogP contribution in [0.1, 0.15) is 28.4 Å². The highest BCUT2D eigenvalue weighted by atomic mass is 19.1. The van der Waals surface area contributed by atoms with Gasteiger partial charge in [-0.05, 0) is 17.5 Å². The van der Waals surface area contributed by atoms with Crippen LogP contribution < -0.4 is 0 Å². The maximum Gasteiger partial charge on any atom is 0.150 e. The highest BCUT2D eigenvalue weighted by Crippen LogP contribution is 2.15. The molecule has 0 aliphatic rings. The molecule has 0 saturated heterocycles. The van der Waals surface area contributed by atoms with E-state index in [1.807, 2.05) is 6.92 Å². The molecule has 0 atom stereocenters. The van der Waals surface area contributed by atoms with Crippen molar-refractivity contribution in [1.29, 1.82) is 0 Å². The highest BCUT2D eigenvalue weighted by Gasteiger charge is 2.04. The molecule has 0 saturated carbocycles. The number of hydrogen-bond donors (Lipinski definition) is 0. The summed E-state index contributed by atoms with van der Waals surface area (Å²) in [5.74, 6) is 0. The molecular weight excluding hydrogens is 155 g/mol. The molecule has 0 N–H and O–H groups in total. The molecule has 1 nitrogen and oxygen atoms in total. The molecule has 1 aromatic carbocycles. The second-order valence-corrected chi connectivity index (χ2v) is 2.59. The monoisotopic (exact) mass is 166 g/mol. The maximum absolute atomic E-state index is 12.4. The number of alkyl halides is 1. The van der Waals surface area contributed by atoms with Gasteiger partial charge in [0, 0.05) is 5.56 Å². The highest BCUT2D eigenvalue weighted by molar-refractivity contribution is 5.77. The molecule has 0 radical (unpaired) electrons. The average molecular weight is 166 g/mol. The molecule has 64 valence electrons. The SMILES string of the molecule is CCc1c(C=O)cccc1CF. The average Bonchev–Trinajstić information content (AvgIpc) is 2.16. The van der Waals surface area contributed by atoms with Crippen molar-refractivity contribution < 1.29 is 9.18 Å². The smallest absolute Gasteiger partial charge is 0.150 e. The van der Waals surface area contributed by atoms with Crippen molar-refractivity contribution in [2.45, 2.75) is 20.0 Å². The van der Waals surface area contributed by atoms with Crippen LogP contribution in [0.3, 0.4) is 0 Å². The Morgan fingerprint density at radius 2 is 2.25 bits per heavy atom. The standard InChI is InChI=1S/C10H11FO/c1-2-10-8(6-11)4-3-5-9(10)7-12/h3-5,7H,2,6H2,1H3. The molecule has 0 unspecified atom stereocenters. The minimum Gasteiger partial charge on any atom is -0.298 e. The van der Waals surface area contributed by atoms with Gasteiger partial charge in [0.2, 0.25) is 0 Å².